The van der Waals surface area contributed by atoms with Crippen molar-refractivity contribution in [2.24, 2.45) is 5.10 Å². The van der Waals surface area contributed by atoms with Gasteiger partial charge in [-0.05, 0) is 86.0 Å². The Kier molecular flexibility index (Phi) is 10.4. The van der Waals surface area contributed by atoms with Gasteiger partial charge in [0.2, 0.25) is 0 Å². The molecular weight excluding hydrogens is 564 g/mol. The van der Waals surface area contributed by atoms with Gasteiger partial charge in [-0.2, -0.15) is 5.10 Å². The largest absolute Gasteiger partial charge is 0.484 e. The molecule has 0 heterocycles. The van der Waals surface area contributed by atoms with Crippen LogP contribution in [-0.2, 0) is 19.6 Å². The van der Waals surface area contributed by atoms with E-state index in [4.69, 9.17) is 16.3 Å². The molecule has 0 bridgehead atoms. The maximum Gasteiger partial charge on any atom is 0.264 e. The summed E-state index contributed by atoms with van der Waals surface area (Å²) < 4.78 is 33.4. The lowest BCUT2D eigenvalue weighted by atomic mass is 9.95. The topological polar surface area (TPSA) is 117 Å². The summed E-state index contributed by atoms with van der Waals surface area (Å²) in [5.41, 5.74) is 4.26. The number of hydrogen-bond donors (Lipinski definition) is 2. The first-order valence-electron chi connectivity index (χ1n) is 13.4. The fourth-order valence-corrected chi connectivity index (χ4v) is 5.97. The maximum atomic E-state index is 13.4. The number of ether oxygens (including phenoxy) is 1. The molecule has 1 aliphatic rings. The summed E-state index contributed by atoms with van der Waals surface area (Å²) in [4.78, 5) is 25.0. The molecule has 9 nitrogen and oxygen atoms in total. The molecule has 0 unspecified atom stereocenters. The summed E-state index contributed by atoms with van der Waals surface area (Å²) in [7, 11) is -4.05. The van der Waals surface area contributed by atoms with Crippen LogP contribution in [0.2, 0.25) is 5.02 Å². The van der Waals surface area contributed by atoms with Crippen LogP contribution in [0.3, 0.4) is 0 Å². The van der Waals surface area contributed by atoms with Crippen LogP contribution in [-0.4, -0.2) is 45.6 Å². The number of benzene rings is 3. The Morgan fingerprint density at radius 1 is 0.951 bits per heavy atom. The average molecular weight is 597 g/mol. The summed E-state index contributed by atoms with van der Waals surface area (Å²) in [5, 5.41) is 7.42. The molecule has 4 rings (SSSR count). The second-order valence-corrected chi connectivity index (χ2v) is 12.2. The number of carbonyl (C=O) groups is 2. The Balaban J connectivity index is 1.33. The first-order valence-corrected chi connectivity index (χ1v) is 15.2. The van der Waals surface area contributed by atoms with Crippen LogP contribution in [0.1, 0.15) is 43.2 Å². The van der Waals surface area contributed by atoms with Gasteiger partial charge < -0.3 is 10.1 Å². The molecule has 11 heteroatoms. The van der Waals surface area contributed by atoms with Crippen molar-refractivity contribution in [2.45, 2.75) is 50.0 Å². The highest BCUT2D eigenvalue weighted by atomic mass is 35.5. The normalized spacial score (nSPS) is 14.0. The summed E-state index contributed by atoms with van der Waals surface area (Å²) in [6.45, 7) is 1.30. The van der Waals surface area contributed by atoms with Gasteiger partial charge in [0, 0.05) is 11.1 Å². The summed E-state index contributed by atoms with van der Waals surface area (Å²) >= 11 is 5.98. The molecule has 0 spiro atoms. The van der Waals surface area contributed by atoms with Gasteiger partial charge in [0.05, 0.1) is 16.8 Å². The third kappa shape index (κ3) is 8.80. The minimum atomic E-state index is -4.05. The molecule has 0 aliphatic heterocycles. The van der Waals surface area contributed by atoms with Crippen LogP contribution in [0, 0.1) is 6.92 Å². The van der Waals surface area contributed by atoms with Gasteiger partial charge in [-0.1, -0.05) is 48.6 Å². The molecule has 2 amide bonds. The Labute approximate surface area is 245 Å². The maximum absolute atomic E-state index is 13.4. The van der Waals surface area contributed by atoms with Gasteiger partial charge in [-0.25, -0.2) is 13.8 Å². The van der Waals surface area contributed by atoms with E-state index in [1.165, 1.54) is 36.9 Å². The van der Waals surface area contributed by atoms with Crippen molar-refractivity contribution in [2.75, 3.05) is 17.5 Å². The minimum Gasteiger partial charge on any atom is -0.484 e. The Bertz CT molecular complexity index is 1450. The van der Waals surface area contributed by atoms with E-state index in [-0.39, 0.29) is 29.1 Å². The number of hydrazone groups is 1. The van der Waals surface area contributed by atoms with E-state index in [1.807, 2.05) is 6.92 Å². The van der Waals surface area contributed by atoms with Crippen LogP contribution in [0.25, 0.3) is 0 Å². The number of hydrogen-bond acceptors (Lipinski definition) is 6. The molecule has 3 aromatic carbocycles. The predicted octanol–water partition coefficient (Wildman–Crippen LogP) is 4.82. The number of anilines is 1. The smallest absolute Gasteiger partial charge is 0.264 e. The van der Waals surface area contributed by atoms with Crippen molar-refractivity contribution in [3.05, 3.63) is 88.9 Å². The molecule has 0 saturated heterocycles. The number of amides is 2. The second kappa shape index (κ2) is 14.1. The molecule has 0 radical (unpaired) electrons. The van der Waals surface area contributed by atoms with E-state index in [0.29, 0.717) is 16.3 Å². The van der Waals surface area contributed by atoms with Crippen LogP contribution in [0.15, 0.2) is 82.8 Å². The third-order valence-corrected chi connectivity index (χ3v) is 8.67. The molecule has 3 aromatic rings. The summed E-state index contributed by atoms with van der Waals surface area (Å²) in [6.07, 6.45) is 6.96. The monoisotopic (exact) mass is 596 g/mol. The molecule has 41 heavy (non-hydrogen) atoms. The van der Waals surface area contributed by atoms with E-state index >= 15 is 0 Å². The highest BCUT2D eigenvalue weighted by Gasteiger charge is 2.27. The zero-order chi connectivity index (χ0) is 29.2. The van der Waals surface area contributed by atoms with E-state index < -0.39 is 22.5 Å². The quantitative estimate of drug-likeness (QED) is 0.243. The van der Waals surface area contributed by atoms with Crippen molar-refractivity contribution < 1.29 is 22.7 Å². The zero-order valence-electron chi connectivity index (χ0n) is 22.8. The lowest BCUT2D eigenvalue weighted by molar-refractivity contribution is -0.124. The molecule has 216 valence electrons. The first-order chi connectivity index (χ1) is 19.7. The van der Waals surface area contributed by atoms with Crippen molar-refractivity contribution in [3.8, 4) is 5.75 Å². The minimum absolute atomic E-state index is 0.0585. The molecule has 1 fully saturated rings. The van der Waals surface area contributed by atoms with Crippen molar-refractivity contribution in [1.29, 1.82) is 0 Å². The Morgan fingerprint density at radius 2 is 1.61 bits per heavy atom. The fourth-order valence-electron chi connectivity index (χ4n) is 4.42. The SMILES string of the molecule is Cc1ccc(S(=O)(=O)N(CC(=O)N/N=C/c2ccc(OCC(=O)NC3CCCCC3)cc2)c2ccc(Cl)cc2)cc1. The molecule has 1 saturated carbocycles. The Hall–Kier alpha value is -3.89. The number of halogens is 1. The molecular formula is C30H33ClN4O5S. The van der Waals surface area contributed by atoms with Gasteiger partial charge >= 0.3 is 0 Å². The lowest BCUT2D eigenvalue weighted by Gasteiger charge is -2.23. The molecule has 0 atom stereocenters. The Morgan fingerprint density at radius 3 is 2.27 bits per heavy atom. The highest BCUT2D eigenvalue weighted by molar-refractivity contribution is 7.92. The molecule has 1 aliphatic carbocycles. The fraction of sp³-hybridized carbons (Fsp3) is 0.300. The number of rotatable bonds is 11. The summed E-state index contributed by atoms with van der Waals surface area (Å²) in [6, 6.07) is 19.7. The van der Waals surface area contributed by atoms with Crippen LogP contribution < -0.4 is 19.8 Å². The van der Waals surface area contributed by atoms with Crippen LogP contribution in [0.5, 0.6) is 5.75 Å². The van der Waals surface area contributed by atoms with Crippen LogP contribution >= 0.6 is 11.6 Å². The standard InChI is InChI=1S/C30H33ClN4O5S/c1-22-7-17-28(18-8-22)41(38,39)35(26-13-11-24(31)12-14-26)20-29(36)34-32-19-23-9-15-27(16-10-23)40-21-30(37)33-25-5-3-2-4-6-25/h7-19,25H,2-6,20-21H2,1H3,(H,33,37)(H,34,36)/b32-19+. The first kappa shape index (κ1) is 30.1. The number of nitrogens with one attached hydrogen (secondary N) is 2. The molecule has 2 N–H and O–H groups in total. The predicted molar refractivity (Wildman–Crippen MR) is 160 cm³/mol. The highest BCUT2D eigenvalue weighted by Crippen LogP contribution is 2.25. The van der Waals surface area contributed by atoms with E-state index in [9.17, 15) is 18.0 Å². The molecule has 0 aromatic heterocycles. The van der Waals surface area contributed by atoms with Gasteiger partial charge in [-0.3, -0.25) is 13.9 Å². The summed E-state index contributed by atoms with van der Waals surface area (Å²) in [5.74, 6) is -0.233. The van der Waals surface area contributed by atoms with Gasteiger partial charge in [-0.15, -0.1) is 0 Å². The number of sulfonamides is 1. The van der Waals surface area contributed by atoms with Gasteiger partial charge in [0.25, 0.3) is 21.8 Å². The number of aryl methyl sites for hydroxylation is 1. The van der Waals surface area contributed by atoms with Gasteiger partial charge in [0.15, 0.2) is 6.61 Å². The van der Waals surface area contributed by atoms with E-state index in [0.717, 1.165) is 35.6 Å². The van der Waals surface area contributed by atoms with Gasteiger partial charge in [0.1, 0.15) is 12.3 Å². The number of carbonyl (C=O) groups excluding carboxylic acids is 2. The van der Waals surface area contributed by atoms with Crippen molar-refractivity contribution in [3.63, 3.8) is 0 Å². The zero-order valence-corrected chi connectivity index (χ0v) is 24.3. The van der Waals surface area contributed by atoms with E-state index in [1.54, 1.807) is 48.5 Å². The van der Waals surface area contributed by atoms with Crippen LogP contribution in [0.4, 0.5) is 5.69 Å². The van der Waals surface area contributed by atoms with Crippen molar-refractivity contribution in [1.82, 2.24) is 10.7 Å². The van der Waals surface area contributed by atoms with Crippen molar-refractivity contribution >= 4 is 45.3 Å². The number of nitrogens with zero attached hydrogens (tertiary/aromatic N) is 2. The average Bonchev–Trinajstić information content (AvgIpc) is 2.97. The second-order valence-electron chi connectivity index (χ2n) is 9.85. The van der Waals surface area contributed by atoms with E-state index in [2.05, 4.69) is 15.8 Å². The lowest BCUT2D eigenvalue weighted by Crippen LogP contribution is -2.39. The third-order valence-electron chi connectivity index (χ3n) is 6.63.